The highest BCUT2D eigenvalue weighted by Gasteiger charge is 2.14. The molecule has 0 N–H and O–H groups in total. The monoisotopic (exact) mass is 282 g/mol. The number of imidazole rings is 1. The molecule has 0 fully saturated rings. The SMILES string of the molecule is COC(=O)CCCCCCC(=O)N(C)n1cc[n+](C)c1. The zero-order valence-electron chi connectivity index (χ0n) is 12.5. The van der Waals surface area contributed by atoms with Crippen LogP contribution in [0.25, 0.3) is 0 Å². The van der Waals surface area contributed by atoms with Gasteiger partial charge in [-0.05, 0) is 12.8 Å². The van der Waals surface area contributed by atoms with E-state index >= 15 is 0 Å². The Hall–Kier alpha value is -1.85. The lowest BCUT2D eigenvalue weighted by molar-refractivity contribution is -0.671. The number of carbonyl (C=O) groups excluding carboxylic acids is 2. The van der Waals surface area contributed by atoms with Crippen LogP contribution in [-0.2, 0) is 21.4 Å². The minimum absolute atomic E-state index is 0.0918. The predicted molar refractivity (Wildman–Crippen MR) is 74.5 cm³/mol. The van der Waals surface area contributed by atoms with E-state index in [1.165, 1.54) is 7.11 Å². The number of aryl methyl sites for hydroxylation is 1. The fourth-order valence-corrected chi connectivity index (χ4v) is 1.91. The summed E-state index contributed by atoms with van der Waals surface area (Å²) in [5.74, 6) is -0.0737. The molecule has 1 aromatic rings. The summed E-state index contributed by atoms with van der Waals surface area (Å²) < 4.78 is 8.22. The van der Waals surface area contributed by atoms with Gasteiger partial charge in [-0.3, -0.25) is 9.59 Å². The summed E-state index contributed by atoms with van der Waals surface area (Å²) in [7, 11) is 5.08. The van der Waals surface area contributed by atoms with Crippen molar-refractivity contribution in [3.63, 3.8) is 0 Å². The van der Waals surface area contributed by atoms with Gasteiger partial charge in [0.25, 0.3) is 12.2 Å². The van der Waals surface area contributed by atoms with Gasteiger partial charge in [0.05, 0.1) is 21.2 Å². The summed E-state index contributed by atoms with van der Waals surface area (Å²) in [5.41, 5.74) is 0. The Labute approximate surface area is 119 Å². The maximum atomic E-state index is 12.0. The van der Waals surface area contributed by atoms with E-state index in [4.69, 9.17) is 0 Å². The Morgan fingerprint density at radius 1 is 1.20 bits per heavy atom. The molecule has 0 radical (unpaired) electrons. The third-order valence-corrected chi connectivity index (χ3v) is 3.21. The maximum Gasteiger partial charge on any atom is 0.305 e. The molecule has 0 saturated carbocycles. The molecular formula is C14H24N3O3+. The molecule has 112 valence electrons. The standard InChI is InChI=1S/C14H24N3O3/c1-15-10-11-17(12-15)16(2)13(18)8-6-4-5-7-9-14(19)20-3/h10-12H,4-9H2,1-3H3/q+1. The summed E-state index contributed by atoms with van der Waals surface area (Å²) in [4.78, 5) is 22.9. The Morgan fingerprint density at radius 3 is 2.40 bits per heavy atom. The molecule has 0 aliphatic carbocycles. The zero-order chi connectivity index (χ0) is 15.0. The first kappa shape index (κ1) is 16.2. The van der Waals surface area contributed by atoms with Crippen LogP contribution in [0.4, 0.5) is 0 Å². The number of aromatic nitrogens is 2. The number of methoxy groups -OCH3 is 1. The number of unbranched alkanes of at least 4 members (excludes halogenated alkanes) is 3. The van der Waals surface area contributed by atoms with Crippen LogP contribution < -0.4 is 9.58 Å². The minimum Gasteiger partial charge on any atom is -0.469 e. The number of hydrogen-bond acceptors (Lipinski definition) is 3. The number of rotatable bonds is 8. The number of hydrogen-bond donors (Lipinski definition) is 0. The molecule has 20 heavy (non-hydrogen) atoms. The second-order valence-electron chi connectivity index (χ2n) is 4.87. The van der Waals surface area contributed by atoms with Crippen LogP contribution in [0, 0.1) is 0 Å². The molecule has 0 aliphatic heterocycles. The highest BCUT2D eigenvalue weighted by molar-refractivity contribution is 5.85. The maximum absolute atomic E-state index is 12.0. The van der Waals surface area contributed by atoms with Crippen molar-refractivity contribution in [1.29, 1.82) is 0 Å². The van der Waals surface area contributed by atoms with Crippen LogP contribution in [0.15, 0.2) is 18.7 Å². The summed E-state index contributed by atoms with van der Waals surface area (Å²) in [6.45, 7) is 0. The molecule has 0 aromatic carbocycles. The van der Waals surface area contributed by atoms with Crippen LogP contribution in [0.3, 0.4) is 0 Å². The number of ether oxygens (including phenoxy) is 1. The molecule has 1 heterocycles. The van der Waals surface area contributed by atoms with Crippen molar-refractivity contribution in [2.24, 2.45) is 7.05 Å². The number of nitrogens with zero attached hydrogens (tertiary/aromatic N) is 3. The minimum atomic E-state index is -0.165. The molecule has 0 unspecified atom stereocenters. The van der Waals surface area contributed by atoms with E-state index in [1.54, 1.807) is 16.7 Å². The van der Waals surface area contributed by atoms with E-state index in [9.17, 15) is 9.59 Å². The molecule has 0 atom stereocenters. The predicted octanol–water partition coefficient (Wildman–Crippen LogP) is 0.921. The van der Waals surface area contributed by atoms with Gasteiger partial charge >= 0.3 is 5.97 Å². The molecular weight excluding hydrogens is 258 g/mol. The van der Waals surface area contributed by atoms with E-state index in [2.05, 4.69) is 4.74 Å². The first-order valence-corrected chi connectivity index (χ1v) is 6.91. The molecule has 1 amide bonds. The second-order valence-corrected chi connectivity index (χ2v) is 4.87. The van der Waals surface area contributed by atoms with Crippen molar-refractivity contribution in [2.75, 3.05) is 19.2 Å². The van der Waals surface area contributed by atoms with Gasteiger partial charge in [0, 0.05) is 12.8 Å². The lowest BCUT2D eigenvalue weighted by atomic mass is 10.1. The molecule has 1 aromatic heterocycles. The molecule has 6 nitrogen and oxygen atoms in total. The van der Waals surface area contributed by atoms with Crippen molar-refractivity contribution in [3.05, 3.63) is 18.7 Å². The van der Waals surface area contributed by atoms with Crippen molar-refractivity contribution in [1.82, 2.24) is 4.68 Å². The first-order valence-electron chi connectivity index (χ1n) is 6.91. The van der Waals surface area contributed by atoms with E-state index in [1.807, 2.05) is 30.3 Å². The van der Waals surface area contributed by atoms with Crippen molar-refractivity contribution < 1.29 is 18.9 Å². The van der Waals surface area contributed by atoms with Gasteiger partial charge in [-0.25, -0.2) is 4.57 Å². The number of carbonyl (C=O) groups is 2. The molecule has 1 rings (SSSR count). The average Bonchev–Trinajstić information content (AvgIpc) is 2.87. The Kier molecular flexibility index (Phi) is 6.76. The van der Waals surface area contributed by atoms with Gasteiger partial charge in [0.15, 0.2) is 6.20 Å². The van der Waals surface area contributed by atoms with Gasteiger partial charge in [0.2, 0.25) is 0 Å². The third-order valence-electron chi connectivity index (χ3n) is 3.21. The molecule has 6 heteroatoms. The van der Waals surface area contributed by atoms with Crippen molar-refractivity contribution >= 4 is 11.9 Å². The van der Waals surface area contributed by atoms with Gasteiger partial charge in [-0.15, -0.1) is 4.68 Å². The van der Waals surface area contributed by atoms with Gasteiger partial charge in [-0.2, -0.15) is 5.01 Å². The van der Waals surface area contributed by atoms with Gasteiger partial charge in [0.1, 0.15) is 6.20 Å². The van der Waals surface area contributed by atoms with Crippen LogP contribution in [0.2, 0.25) is 0 Å². The fraction of sp³-hybridized carbons (Fsp3) is 0.643. The summed E-state index contributed by atoms with van der Waals surface area (Å²) >= 11 is 0. The largest absolute Gasteiger partial charge is 0.469 e. The lowest BCUT2D eigenvalue weighted by Crippen LogP contribution is -2.37. The highest BCUT2D eigenvalue weighted by Crippen LogP contribution is 2.07. The lowest BCUT2D eigenvalue weighted by Gasteiger charge is -2.11. The Bertz CT molecular complexity index is 443. The van der Waals surface area contributed by atoms with Crippen molar-refractivity contribution in [3.8, 4) is 0 Å². The average molecular weight is 282 g/mol. The van der Waals surface area contributed by atoms with E-state index in [0.717, 1.165) is 25.7 Å². The summed E-state index contributed by atoms with van der Waals surface area (Å²) in [6.07, 6.45) is 10.1. The number of amides is 1. The Balaban J connectivity index is 2.15. The van der Waals surface area contributed by atoms with E-state index < -0.39 is 0 Å². The van der Waals surface area contributed by atoms with Crippen LogP contribution in [0.1, 0.15) is 38.5 Å². The number of esters is 1. The zero-order valence-corrected chi connectivity index (χ0v) is 12.5. The molecule has 0 bridgehead atoms. The van der Waals surface area contributed by atoms with Gasteiger partial charge < -0.3 is 4.74 Å². The molecule has 0 saturated heterocycles. The normalized spacial score (nSPS) is 10.3. The summed E-state index contributed by atoms with van der Waals surface area (Å²) in [6, 6.07) is 0. The Morgan fingerprint density at radius 2 is 1.85 bits per heavy atom. The van der Waals surface area contributed by atoms with E-state index in [-0.39, 0.29) is 11.9 Å². The summed E-state index contributed by atoms with van der Waals surface area (Å²) in [5, 5.41) is 1.61. The molecule has 0 aliphatic rings. The van der Waals surface area contributed by atoms with Crippen LogP contribution in [0.5, 0.6) is 0 Å². The smallest absolute Gasteiger partial charge is 0.305 e. The van der Waals surface area contributed by atoms with Gasteiger partial charge in [-0.1, -0.05) is 12.8 Å². The van der Waals surface area contributed by atoms with E-state index in [0.29, 0.717) is 12.8 Å². The van der Waals surface area contributed by atoms with Crippen LogP contribution >= 0.6 is 0 Å². The van der Waals surface area contributed by atoms with Crippen LogP contribution in [-0.4, -0.2) is 30.7 Å². The highest BCUT2D eigenvalue weighted by atomic mass is 16.5. The first-order chi connectivity index (χ1) is 9.54. The van der Waals surface area contributed by atoms with Crippen molar-refractivity contribution in [2.45, 2.75) is 38.5 Å². The topological polar surface area (TPSA) is 55.4 Å². The second kappa shape index (κ2) is 8.35. The fourth-order valence-electron chi connectivity index (χ4n) is 1.91. The quantitative estimate of drug-likeness (QED) is 0.405. The molecule has 0 spiro atoms. The third kappa shape index (κ3) is 5.42.